The van der Waals surface area contributed by atoms with Crippen LogP contribution in [0.4, 0.5) is 5.82 Å². The number of nitrogens with two attached hydrogens (primary N) is 1. The summed E-state index contributed by atoms with van der Waals surface area (Å²) in [5.74, 6) is 0.0139. The maximum absolute atomic E-state index is 12.2. The third-order valence-electron chi connectivity index (χ3n) is 9.04. The molecule has 0 radical (unpaired) electrons. The molecule has 1 aliphatic rings. The fraction of sp³-hybridized carbons (Fsp3) is 0.759. The minimum absolute atomic E-state index is 0.0139. The first kappa shape index (κ1) is 59.9. The normalized spacial score (nSPS) is 22.8. The van der Waals surface area contributed by atoms with Gasteiger partial charge in [-0.3, -0.25) is 45.7 Å². The molecule has 0 amide bonds. The maximum Gasteiger partial charge on any atom is 0.472 e. The number of phosphoric acid groups is 7. The van der Waals surface area contributed by atoms with Gasteiger partial charge in [-0.05, 0) is 39.0 Å². The van der Waals surface area contributed by atoms with E-state index in [1.807, 2.05) is 6.20 Å². The van der Waals surface area contributed by atoms with E-state index >= 15 is 0 Å². The molecule has 4 rings (SSSR count). The second-order valence-electron chi connectivity index (χ2n) is 14.6. The van der Waals surface area contributed by atoms with Crippen molar-refractivity contribution in [3.05, 3.63) is 24.5 Å². The number of imidazole rings is 1. The highest BCUT2D eigenvalue weighted by Crippen LogP contribution is 2.70. The molecular formula is C29H49N8O25P7-6. The molecule has 4 N–H and O–H groups in total. The average Bonchev–Trinajstić information content (AvgIpc) is 3.93. The Morgan fingerprint density at radius 1 is 0.696 bits per heavy atom. The van der Waals surface area contributed by atoms with E-state index in [4.69, 9.17) is 15.0 Å². The van der Waals surface area contributed by atoms with E-state index in [0.29, 0.717) is 38.6 Å². The molecule has 10 atom stereocenters. The highest BCUT2D eigenvalue weighted by Gasteiger charge is 2.38. The molecule has 0 aromatic carbocycles. The molecule has 3 aromatic heterocycles. The van der Waals surface area contributed by atoms with Crippen LogP contribution in [0.3, 0.4) is 0 Å². The Kier molecular flexibility index (Phi) is 23.1. The number of rotatable bonds is 35. The fourth-order valence-corrected chi connectivity index (χ4v) is 14.4. The topological polar surface area (TPSA) is 491 Å². The number of aliphatic hydroxyl groups is 1. The summed E-state index contributed by atoms with van der Waals surface area (Å²) in [6.07, 6.45) is 8.32. The quantitative estimate of drug-likeness (QED) is 0.0551. The van der Waals surface area contributed by atoms with Crippen molar-refractivity contribution in [2.45, 2.75) is 115 Å². The van der Waals surface area contributed by atoms with Crippen LogP contribution in [-0.2, 0) is 89.3 Å². The SMILES string of the molecule is CCOP(=O)(O)OCCCCc1cn(CCCCCCCCCCCOP(=O)([O-])OP(=O)([O-])OP(=O)([O-])OP(=O)([O-])OP(=O)([O-])OP(=O)([O-])OC[C@@H]2O[C@H](n3cnc4c(N)ncnc43)CC2O)nn1. The highest BCUT2D eigenvalue weighted by molar-refractivity contribution is 7.71. The van der Waals surface area contributed by atoms with Crippen LogP contribution < -0.4 is 35.1 Å². The van der Waals surface area contributed by atoms with E-state index in [1.54, 1.807) is 11.6 Å². The minimum Gasteiger partial charge on any atom is -0.756 e. The van der Waals surface area contributed by atoms with Crippen LogP contribution in [0.15, 0.2) is 18.9 Å². The van der Waals surface area contributed by atoms with Gasteiger partial charge < -0.3 is 58.9 Å². The zero-order valence-corrected chi connectivity index (χ0v) is 42.6. The lowest BCUT2D eigenvalue weighted by atomic mass is 10.1. The maximum atomic E-state index is 12.2. The predicted octanol–water partition coefficient (Wildman–Crippen LogP) is 1.26. The van der Waals surface area contributed by atoms with E-state index in [0.717, 1.165) is 50.5 Å². The molecule has 4 heterocycles. The number of nitrogen functional groups attached to an aromatic ring is 1. The van der Waals surface area contributed by atoms with E-state index in [9.17, 15) is 71.3 Å². The van der Waals surface area contributed by atoms with Crippen molar-refractivity contribution in [2.75, 3.05) is 32.2 Å². The lowest BCUT2D eigenvalue weighted by Crippen LogP contribution is -2.27. The Bertz CT molecular complexity index is 2470. The molecule has 0 saturated carbocycles. The summed E-state index contributed by atoms with van der Waals surface area (Å²) >= 11 is 0. The predicted molar refractivity (Wildman–Crippen MR) is 219 cm³/mol. The molecule has 1 saturated heterocycles. The highest BCUT2D eigenvalue weighted by atomic mass is 31.3. The van der Waals surface area contributed by atoms with Crippen molar-refractivity contribution in [3.63, 3.8) is 0 Å². The summed E-state index contributed by atoms with van der Waals surface area (Å²) in [5, 5.41) is 18.6. The Morgan fingerprint density at radius 2 is 1.22 bits per heavy atom. The third kappa shape index (κ3) is 22.2. The van der Waals surface area contributed by atoms with Crippen molar-refractivity contribution in [3.8, 4) is 0 Å². The largest absolute Gasteiger partial charge is 0.756 e. The first-order valence-electron chi connectivity index (χ1n) is 20.6. The van der Waals surface area contributed by atoms with E-state index in [2.05, 4.69) is 60.4 Å². The van der Waals surface area contributed by atoms with Crippen molar-refractivity contribution in [1.29, 1.82) is 0 Å². The van der Waals surface area contributed by atoms with Gasteiger partial charge in [-0.15, -0.1) is 5.10 Å². The number of hydrogen-bond acceptors (Lipinski definition) is 30. The molecule has 69 heavy (non-hydrogen) atoms. The van der Waals surface area contributed by atoms with E-state index in [-0.39, 0.29) is 43.0 Å². The molecule has 396 valence electrons. The van der Waals surface area contributed by atoms with Gasteiger partial charge in [0.2, 0.25) is 0 Å². The number of nitrogens with zero attached hydrogens (tertiary/aromatic N) is 7. The number of unbranched alkanes of at least 4 members (excludes halogenated alkanes) is 9. The number of aliphatic hydroxyl groups excluding tert-OH is 1. The van der Waals surface area contributed by atoms with Crippen LogP contribution in [-0.4, -0.2) is 83.1 Å². The first-order chi connectivity index (χ1) is 32.1. The van der Waals surface area contributed by atoms with Crippen LogP contribution in [0.25, 0.3) is 11.2 Å². The molecule has 1 fully saturated rings. The Balaban J connectivity index is 1.06. The van der Waals surface area contributed by atoms with Crippen molar-refractivity contribution in [2.24, 2.45) is 0 Å². The summed E-state index contributed by atoms with van der Waals surface area (Å²) in [6.45, 7) is 0.645. The summed E-state index contributed by atoms with van der Waals surface area (Å²) in [6, 6.07) is 0. The molecular weight excluding hydrogens is 1080 g/mol. The van der Waals surface area contributed by atoms with Gasteiger partial charge in [-0.25, -0.2) is 41.1 Å². The molecule has 0 aliphatic carbocycles. The number of anilines is 1. The van der Waals surface area contributed by atoms with Gasteiger partial charge in [-0.2, -0.15) is 0 Å². The fourth-order valence-electron chi connectivity index (χ4n) is 6.14. The van der Waals surface area contributed by atoms with Crippen molar-refractivity contribution < 1.29 is 116 Å². The third-order valence-corrected chi connectivity index (χ3v) is 19.1. The van der Waals surface area contributed by atoms with Crippen molar-refractivity contribution in [1.82, 2.24) is 34.5 Å². The van der Waals surface area contributed by atoms with Crippen LogP contribution in [0.1, 0.15) is 95.9 Å². The van der Waals surface area contributed by atoms with Crippen LogP contribution in [0.2, 0.25) is 0 Å². The number of phosphoric ester groups is 3. The number of fused-ring (bicyclic) bond motifs is 1. The minimum atomic E-state index is -6.90. The van der Waals surface area contributed by atoms with Gasteiger partial charge in [0.05, 0.1) is 44.6 Å². The number of aryl methyl sites for hydroxylation is 2. The summed E-state index contributed by atoms with van der Waals surface area (Å²) < 4.78 is 128. The zero-order valence-electron chi connectivity index (χ0n) is 36.3. The summed E-state index contributed by atoms with van der Waals surface area (Å²) in [7, 11) is -43.2. The second kappa shape index (κ2) is 26.5. The molecule has 3 aromatic rings. The van der Waals surface area contributed by atoms with E-state index in [1.165, 1.54) is 10.9 Å². The van der Waals surface area contributed by atoms with Crippen LogP contribution in [0, 0.1) is 0 Å². The van der Waals surface area contributed by atoms with Crippen LogP contribution >= 0.6 is 54.8 Å². The van der Waals surface area contributed by atoms with Crippen LogP contribution in [0.5, 0.6) is 0 Å². The molecule has 1 aliphatic heterocycles. The van der Waals surface area contributed by atoms with E-state index < -0.39 is 86.4 Å². The summed E-state index contributed by atoms with van der Waals surface area (Å²) in [4.78, 5) is 93.4. The first-order valence-corrected chi connectivity index (χ1v) is 30.9. The zero-order chi connectivity index (χ0) is 51.2. The Labute approximate surface area is 393 Å². The molecule has 33 nitrogen and oxygen atoms in total. The molecule has 40 heteroatoms. The summed E-state index contributed by atoms with van der Waals surface area (Å²) in [5.41, 5.74) is 6.86. The van der Waals surface area contributed by atoms with Gasteiger partial charge in [-0.1, -0.05) is 50.2 Å². The lowest BCUT2D eigenvalue weighted by Gasteiger charge is -2.38. The van der Waals surface area contributed by atoms with Gasteiger partial charge >= 0.3 is 7.82 Å². The average molecular weight is 1130 g/mol. The van der Waals surface area contributed by atoms with Gasteiger partial charge in [0, 0.05) is 19.2 Å². The number of ether oxygens (including phenoxy) is 1. The Hall–Kier alpha value is -1.62. The number of hydrogen-bond donors (Lipinski definition) is 3. The van der Waals surface area contributed by atoms with Crippen molar-refractivity contribution >= 4 is 71.7 Å². The smallest absolute Gasteiger partial charge is 0.472 e. The van der Waals surface area contributed by atoms with Gasteiger partial charge in [0.15, 0.2) is 11.5 Å². The standard InChI is InChI=1S/C29H55N8O25P7/c1-2-53-63(39,40)54-17-13-10-14-23-19-36(35-34-23)15-11-8-6-4-3-5-7-9-12-16-55-64(41,42)58-66(45,46)60-68(49,50)62-69(51,52)61-67(47,48)59-65(43,44)56-20-25-24(38)18-26(57-25)37-22-33-27-28(30)31-21-32-29(27)37/h19,21-22,24-26,38H,2-18,20H2,1H3,(H,39,40)(H,41,42)(H,43,44)(H,45,46)(H,47,48)(H,49,50)(H,51,52)(H2,30,31,32)/p-6/t24?,25-,26-/m0/s1. The van der Waals surface area contributed by atoms with Gasteiger partial charge in [0.1, 0.15) is 24.2 Å². The van der Waals surface area contributed by atoms with Gasteiger partial charge in [0.25, 0.3) is 46.9 Å². The molecule has 0 bridgehead atoms. The lowest BCUT2D eigenvalue weighted by molar-refractivity contribution is -0.256. The second-order valence-corrected chi connectivity index (χ2v) is 25.2. The number of aromatic nitrogens is 7. The molecule has 8 unspecified atom stereocenters. The Morgan fingerprint density at radius 3 is 1.81 bits per heavy atom. The molecule has 0 spiro atoms. The monoisotopic (exact) mass is 1130 g/mol.